The summed E-state index contributed by atoms with van der Waals surface area (Å²) in [5.74, 6) is 0.419. The van der Waals surface area contributed by atoms with Crippen molar-refractivity contribution in [2.45, 2.75) is 24.9 Å². The van der Waals surface area contributed by atoms with E-state index < -0.39 is 5.60 Å². The van der Waals surface area contributed by atoms with Gasteiger partial charge in [-0.05, 0) is 47.2 Å². The van der Waals surface area contributed by atoms with Crippen LogP contribution in [0.3, 0.4) is 0 Å². The van der Waals surface area contributed by atoms with Crippen LogP contribution in [0.5, 0.6) is 0 Å². The topological polar surface area (TPSA) is 49.3 Å². The van der Waals surface area contributed by atoms with Gasteiger partial charge in [-0.3, -0.25) is 4.79 Å². The number of aliphatic hydroxyl groups is 1. The van der Waals surface area contributed by atoms with E-state index in [2.05, 4.69) is 17.4 Å². The third-order valence-corrected chi connectivity index (χ3v) is 4.79. The molecular formula is C17H19NO2S. The number of carbonyl (C=O) groups is 1. The molecule has 3 nitrogen and oxygen atoms in total. The van der Waals surface area contributed by atoms with Gasteiger partial charge >= 0.3 is 0 Å². The zero-order chi connectivity index (χ0) is 14.9. The van der Waals surface area contributed by atoms with Gasteiger partial charge in [0.1, 0.15) is 5.60 Å². The number of hydrogen-bond acceptors (Lipinski definition) is 3. The molecule has 3 unspecified atom stereocenters. The molecule has 4 heteroatoms. The average molecular weight is 301 g/mol. The zero-order valence-corrected chi connectivity index (χ0v) is 12.8. The van der Waals surface area contributed by atoms with Crippen LogP contribution < -0.4 is 5.32 Å². The minimum atomic E-state index is -1.01. The molecule has 0 bridgehead atoms. The Hall–Kier alpha value is -1.65. The van der Waals surface area contributed by atoms with Crippen molar-refractivity contribution in [3.8, 4) is 0 Å². The van der Waals surface area contributed by atoms with Gasteiger partial charge in [-0.2, -0.15) is 11.3 Å². The smallest absolute Gasteiger partial charge is 0.223 e. The zero-order valence-electron chi connectivity index (χ0n) is 12.0. The molecular weight excluding hydrogens is 282 g/mol. The van der Waals surface area contributed by atoms with Crippen molar-refractivity contribution in [1.29, 1.82) is 0 Å². The van der Waals surface area contributed by atoms with Crippen LogP contribution in [0.4, 0.5) is 0 Å². The molecule has 0 radical (unpaired) electrons. The fourth-order valence-corrected chi connectivity index (χ4v) is 3.40. The average Bonchev–Trinajstić information content (AvgIpc) is 3.09. The Bertz CT molecular complexity index is 607. The summed E-state index contributed by atoms with van der Waals surface area (Å²) in [5, 5.41) is 17.1. The number of hydrogen-bond donors (Lipinski definition) is 2. The van der Waals surface area contributed by atoms with E-state index in [9.17, 15) is 9.90 Å². The first-order valence-corrected chi connectivity index (χ1v) is 8.10. The standard InChI is InChI=1S/C17H19NO2S/c1-17(20,13-7-8-21-10-13)11-18-16(19)15-9-14(15)12-5-3-2-4-6-12/h2-8,10,14-15,20H,9,11H2,1H3,(H,18,19). The van der Waals surface area contributed by atoms with Crippen LogP contribution in [0, 0.1) is 5.92 Å². The molecule has 2 N–H and O–H groups in total. The van der Waals surface area contributed by atoms with Gasteiger partial charge in [-0.15, -0.1) is 0 Å². The molecule has 110 valence electrons. The minimum Gasteiger partial charge on any atom is -0.384 e. The summed E-state index contributed by atoms with van der Waals surface area (Å²) in [6.45, 7) is 1.98. The lowest BCUT2D eigenvalue weighted by atomic mass is 9.99. The molecule has 3 rings (SSSR count). The van der Waals surface area contributed by atoms with Gasteiger partial charge in [0.15, 0.2) is 0 Å². The quantitative estimate of drug-likeness (QED) is 0.892. The summed E-state index contributed by atoms with van der Waals surface area (Å²) < 4.78 is 0. The fourth-order valence-electron chi connectivity index (χ4n) is 2.62. The lowest BCUT2D eigenvalue weighted by Gasteiger charge is -2.22. The van der Waals surface area contributed by atoms with E-state index in [0.29, 0.717) is 5.92 Å². The van der Waals surface area contributed by atoms with E-state index >= 15 is 0 Å². The van der Waals surface area contributed by atoms with Crippen molar-refractivity contribution in [3.05, 3.63) is 58.3 Å². The molecule has 1 saturated carbocycles. The van der Waals surface area contributed by atoms with Crippen LogP contribution in [0.15, 0.2) is 47.2 Å². The Labute approximate surface area is 128 Å². The maximum atomic E-state index is 12.2. The van der Waals surface area contributed by atoms with E-state index in [1.807, 2.05) is 35.0 Å². The van der Waals surface area contributed by atoms with E-state index in [4.69, 9.17) is 0 Å². The Morgan fingerprint density at radius 1 is 1.38 bits per heavy atom. The highest BCUT2D eigenvalue weighted by molar-refractivity contribution is 7.08. The summed E-state index contributed by atoms with van der Waals surface area (Å²) in [7, 11) is 0. The molecule has 0 aliphatic heterocycles. The molecule has 3 atom stereocenters. The van der Waals surface area contributed by atoms with Gasteiger partial charge in [0.25, 0.3) is 0 Å². The van der Waals surface area contributed by atoms with Crippen molar-refractivity contribution < 1.29 is 9.90 Å². The van der Waals surface area contributed by atoms with E-state index in [1.54, 1.807) is 18.3 Å². The molecule has 1 aliphatic carbocycles. The molecule has 1 fully saturated rings. The first kappa shape index (κ1) is 14.3. The molecule has 21 heavy (non-hydrogen) atoms. The monoisotopic (exact) mass is 301 g/mol. The Morgan fingerprint density at radius 3 is 2.81 bits per heavy atom. The molecule has 1 aliphatic rings. The van der Waals surface area contributed by atoms with Gasteiger partial charge in [-0.1, -0.05) is 30.3 Å². The van der Waals surface area contributed by atoms with Gasteiger partial charge < -0.3 is 10.4 Å². The second-order valence-electron chi connectivity index (χ2n) is 5.86. The number of rotatable bonds is 5. The highest BCUT2D eigenvalue weighted by Crippen LogP contribution is 2.47. The van der Waals surface area contributed by atoms with Crippen LogP contribution in [0.1, 0.15) is 30.4 Å². The molecule has 0 spiro atoms. The lowest BCUT2D eigenvalue weighted by Crippen LogP contribution is -2.39. The van der Waals surface area contributed by atoms with E-state index in [-0.39, 0.29) is 18.4 Å². The summed E-state index contributed by atoms with van der Waals surface area (Å²) in [6.07, 6.45) is 0.899. The van der Waals surface area contributed by atoms with Crippen LogP contribution in [0.25, 0.3) is 0 Å². The fraction of sp³-hybridized carbons (Fsp3) is 0.353. The summed E-state index contributed by atoms with van der Waals surface area (Å²) >= 11 is 1.54. The predicted molar refractivity (Wildman–Crippen MR) is 84.2 cm³/mol. The highest BCUT2D eigenvalue weighted by atomic mass is 32.1. The summed E-state index contributed by atoms with van der Waals surface area (Å²) in [4.78, 5) is 12.2. The third-order valence-electron chi connectivity index (χ3n) is 4.10. The number of nitrogens with one attached hydrogen (secondary N) is 1. The minimum absolute atomic E-state index is 0.0411. The second kappa shape index (κ2) is 5.62. The normalized spacial score (nSPS) is 23.3. The first-order valence-electron chi connectivity index (χ1n) is 7.15. The molecule has 0 saturated heterocycles. The number of benzene rings is 1. The number of thiophene rings is 1. The Balaban J connectivity index is 1.54. The van der Waals surface area contributed by atoms with Gasteiger partial charge in [0.05, 0.1) is 6.54 Å². The van der Waals surface area contributed by atoms with Crippen molar-refractivity contribution in [1.82, 2.24) is 5.32 Å². The Kier molecular flexibility index (Phi) is 3.83. The van der Waals surface area contributed by atoms with E-state index in [0.717, 1.165) is 12.0 Å². The highest BCUT2D eigenvalue weighted by Gasteiger charge is 2.44. The Morgan fingerprint density at radius 2 is 2.14 bits per heavy atom. The van der Waals surface area contributed by atoms with Crippen LogP contribution in [-0.4, -0.2) is 17.6 Å². The summed E-state index contributed by atoms with van der Waals surface area (Å²) in [5.41, 5.74) is 1.07. The van der Waals surface area contributed by atoms with Crippen molar-refractivity contribution in [2.24, 2.45) is 5.92 Å². The van der Waals surface area contributed by atoms with Crippen molar-refractivity contribution >= 4 is 17.2 Å². The predicted octanol–water partition coefficient (Wildman–Crippen LogP) is 2.88. The molecule has 1 aromatic carbocycles. The largest absolute Gasteiger partial charge is 0.384 e. The van der Waals surface area contributed by atoms with Gasteiger partial charge in [0.2, 0.25) is 5.91 Å². The number of carbonyl (C=O) groups excluding carboxylic acids is 1. The van der Waals surface area contributed by atoms with Gasteiger partial charge in [-0.25, -0.2) is 0 Å². The van der Waals surface area contributed by atoms with Crippen molar-refractivity contribution in [2.75, 3.05) is 6.54 Å². The van der Waals surface area contributed by atoms with Crippen LogP contribution >= 0.6 is 11.3 Å². The second-order valence-corrected chi connectivity index (χ2v) is 6.64. The first-order chi connectivity index (χ1) is 10.1. The van der Waals surface area contributed by atoms with Gasteiger partial charge in [0, 0.05) is 5.92 Å². The number of amides is 1. The van der Waals surface area contributed by atoms with E-state index in [1.165, 1.54) is 5.56 Å². The SMILES string of the molecule is CC(O)(CNC(=O)C1CC1c1ccccc1)c1ccsc1. The molecule has 2 aromatic rings. The lowest BCUT2D eigenvalue weighted by molar-refractivity contribution is -0.123. The van der Waals surface area contributed by atoms with Crippen LogP contribution in [0.2, 0.25) is 0 Å². The summed E-state index contributed by atoms with van der Waals surface area (Å²) in [6, 6.07) is 12.0. The maximum Gasteiger partial charge on any atom is 0.223 e. The molecule has 1 heterocycles. The molecule has 1 aromatic heterocycles. The van der Waals surface area contributed by atoms with Crippen molar-refractivity contribution in [3.63, 3.8) is 0 Å². The van der Waals surface area contributed by atoms with Crippen LogP contribution in [-0.2, 0) is 10.4 Å². The maximum absolute atomic E-state index is 12.2. The third kappa shape index (κ3) is 3.17. The molecule has 1 amide bonds.